The van der Waals surface area contributed by atoms with Gasteiger partial charge in [0, 0.05) is 18.4 Å². The molecule has 0 atom stereocenters. The lowest BCUT2D eigenvalue weighted by molar-refractivity contribution is 0.102. The summed E-state index contributed by atoms with van der Waals surface area (Å²) in [6.07, 6.45) is 3.80. The van der Waals surface area contributed by atoms with Gasteiger partial charge in [0.15, 0.2) is 0 Å². The highest BCUT2D eigenvalue weighted by Crippen LogP contribution is 2.21. The first-order valence-electron chi connectivity index (χ1n) is 7.54. The maximum Gasteiger partial charge on any atom is 0.263 e. The zero-order valence-corrected chi connectivity index (χ0v) is 15.6. The first kappa shape index (κ1) is 18.5. The fourth-order valence-corrected chi connectivity index (χ4v) is 3.64. The molecule has 0 saturated carbocycles. The number of hydrogen-bond acceptors (Lipinski definition) is 5. The molecule has 0 bridgehead atoms. The van der Waals surface area contributed by atoms with Gasteiger partial charge in [-0.1, -0.05) is 29.3 Å². The van der Waals surface area contributed by atoms with E-state index in [2.05, 4.69) is 20.3 Å². The summed E-state index contributed by atoms with van der Waals surface area (Å²) in [6.45, 7) is 0.686. The molecule has 0 unspecified atom stereocenters. The third-order valence-corrected chi connectivity index (χ3v) is 5.56. The number of amides is 1. The Balaban J connectivity index is 1.78. The number of hydrogen-bond donors (Lipinski definition) is 3. The zero-order chi connectivity index (χ0) is 18.7. The highest BCUT2D eigenvalue weighted by atomic mass is 35.5. The van der Waals surface area contributed by atoms with Crippen molar-refractivity contribution in [3.8, 4) is 0 Å². The molecule has 2 heterocycles. The van der Waals surface area contributed by atoms with E-state index in [9.17, 15) is 13.2 Å². The first-order valence-corrected chi connectivity index (χ1v) is 9.78. The van der Waals surface area contributed by atoms with E-state index < -0.39 is 15.9 Å². The summed E-state index contributed by atoms with van der Waals surface area (Å²) in [5.74, 6) is -0.0416. The van der Waals surface area contributed by atoms with Crippen molar-refractivity contribution in [1.82, 2.24) is 15.0 Å². The third kappa shape index (κ3) is 4.27. The Hall–Kier alpha value is -2.29. The number of aromatic nitrogens is 1. The molecule has 3 N–H and O–H groups in total. The minimum absolute atomic E-state index is 0.0252. The van der Waals surface area contributed by atoms with Gasteiger partial charge in [-0.15, -0.1) is 0 Å². The van der Waals surface area contributed by atoms with Gasteiger partial charge in [0.25, 0.3) is 15.9 Å². The van der Waals surface area contributed by atoms with Crippen molar-refractivity contribution in [2.24, 2.45) is 0 Å². The molecule has 0 spiro atoms. The van der Waals surface area contributed by atoms with Crippen LogP contribution in [0.2, 0.25) is 10.2 Å². The molecule has 7 nitrogen and oxygen atoms in total. The van der Waals surface area contributed by atoms with Gasteiger partial charge >= 0.3 is 0 Å². The smallest absolute Gasteiger partial charge is 0.263 e. The summed E-state index contributed by atoms with van der Waals surface area (Å²) in [7, 11) is -3.76. The first-order chi connectivity index (χ1) is 12.3. The number of rotatable bonds is 5. The zero-order valence-electron chi connectivity index (χ0n) is 13.3. The maximum atomic E-state index is 12.4. The Bertz CT molecular complexity index is 993. The molecule has 0 saturated heterocycles. The molecular weight excluding hydrogens is 399 g/mol. The maximum absolute atomic E-state index is 12.4. The molecule has 0 aliphatic carbocycles. The van der Waals surface area contributed by atoms with Crippen LogP contribution in [0.5, 0.6) is 0 Å². The van der Waals surface area contributed by atoms with E-state index in [1.54, 1.807) is 12.1 Å². The molecule has 1 aliphatic rings. The van der Waals surface area contributed by atoms with Crippen molar-refractivity contribution in [2.45, 2.75) is 11.3 Å². The molecule has 3 rings (SSSR count). The second-order valence-electron chi connectivity index (χ2n) is 5.42. The molecule has 1 aromatic carbocycles. The number of pyridine rings is 1. The van der Waals surface area contributed by atoms with Crippen molar-refractivity contribution in [2.75, 3.05) is 11.9 Å². The SMILES string of the molecule is O=C(Nc1cccc(S(=O)(=O)NC2=CCCN2)c1)c1cnc(Cl)c(Cl)c1. The van der Waals surface area contributed by atoms with Gasteiger partial charge in [-0.05, 0) is 36.8 Å². The number of nitrogens with one attached hydrogen (secondary N) is 3. The van der Waals surface area contributed by atoms with E-state index in [0.717, 1.165) is 6.42 Å². The van der Waals surface area contributed by atoms with Crippen molar-refractivity contribution >= 4 is 44.8 Å². The second-order valence-corrected chi connectivity index (χ2v) is 7.86. The lowest BCUT2D eigenvalue weighted by atomic mass is 10.2. The summed E-state index contributed by atoms with van der Waals surface area (Å²) >= 11 is 11.6. The number of carbonyl (C=O) groups is 1. The molecule has 0 fully saturated rings. The number of sulfonamides is 1. The molecule has 1 aromatic heterocycles. The fraction of sp³-hybridized carbons (Fsp3) is 0.125. The molecule has 1 aliphatic heterocycles. The van der Waals surface area contributed by atoms with Crippen LogP contribution < -0.4 is 15.4 Å². The minimum Gasteiger partial charge on any atom is -0.371 e. The van der Waals surface area contributed by atoms with Gasteiger partial charge in [-0.25, -0.2) is 13.4 Å². The lowest BCUT2D eigenvalue weighted by Gasteiger charge is -2.11. The number of carbonyl (C=O) groups excluding carboxylic acids is 1. The highest BCUT2D eigenvalue weighted by molar-refractivity contribution is 7.89. The van der Waals surface area contributed by atoms with Gasteiger partial charge in [0.2, 0.25) is 0 Å². The summed E-state index contributed by atoms with van der Waals surface area (Å²) in [5, 5.41) is 5.78. The summed E-state index contributed by atoms with van der Waals surface area (Å²) in [6, 6.07) is 7.30. The van der Waals surface area contributed by atoms with Gasteiger partial charge < -0.3 is 10.6 Å². The summed E-state index contributed by atoms with van der Waals surface area (Å²) in [5.41, 5.74) is 0.517. The van der Waals surface area contributed by atoms with Crippen LogP contribution in [0.3, 0.4) is 0 Å². The van der Waals surface area contributed by atoms with Gasteiger partial charge in [0.05, 0.1) is 15.5 Å². The Kier molecular flexibility index (Phi) is 5.36. The van der Waals surface area contributed by atoms with Crippen LogP contribution in [0, 0.1) is 0 Å². The van der Waals surface area contributed by atoms with Crippen molar-refractivity contribution < 1.29 is 13.2 Å². The molecule has 10 heteroatoms. The fourth-order valence-electron chi connectivity index (χ4n) is 2.27. The van der Waals surface area contributed by atoms with Crippen molar-refractivity contribution in [1.29, 1.82) is 0 Å². The van der Waals surface area contributed by atoms with Gasteiger partial charge in [0.1, 0.15) is 11.0 Å². The Morgan fingerprint density at radius 1 is 1.23 bits per heavy atom. The molecule has 0 radical (unpaired) electrons. The van der Waals surface area contributed by atoms with E-state index in [1.165, 1.54) is 30.5 Å². The summed E-state index contributed by atoms with van der Waals surface area (Å²) in [4.78, 5) is 16.1. The quantitative estimate of drug-likeness (QED) is 0.655. The van der Waals surface area contributed by atoms with Gasteiger partial charge in [-0.2, -0.15) is 0 Å². The average Bonchev–Trinajstić information content (AvgIpc) is 3.10. The van der Waals surface area contributed by atoms with Crippen LogP contribution >= 0.6 is 23.2 Å². The predicted octanol–water partition coefficient (Wildman–Crippen LogP) is 2.75. The van der Waals surface area contributed by atoms with Crippen LogP contribution in [-0.4, -0.2) is 25.9 Å². The van der Waals surface area contributed by atoms with E-state index >= 15 is 0 Å². The van der Waals surface area contributed by atoms with E-state index in [-0.39, 0.29) is 20.6 Å². The van der Waals surface area contributed by atoms with Crippen molar-refractivity contribution in [3.63, 3.8) is 0 Å². The van der Waals surface area contributed by atoms with E-state index in [1.807, 2.05) is 0 Å². The van der Waals surface area contributed by atoms with E-state index in [4.69, 9.17) is 23.2 Å². The predicted molar refractivity (Wildman–Crippen MR) is 99.7 cm³/mol. The number of anilines is 1. The standard InChI is InChI=1S/C16H14Cl2N4O3S/c17-13-7-10(9-20-15(13)18)16(23)21-11-3-1-4-12(8-11)26(24,25)22-14-5-2-6-19-14/h1,3-5,7-9,19,22H,2,6H2,(H,21,23). The number of halogens is 2. The van der Waals surface area contributed by atoms with E-state index in [0.29, 0.717) is 18.1 Å². The van der Waals surface area contributed by atoms with Crippen LogP contribution in [0.4, 0.5) is 5.69 Å². The Morgan fingerprint density at radius 2 is 2.04 bits per heavy atom. The highest BCUT2D eigenvalue weighted by Gasteiger charge is 2.18. The van der Waals surface area contributed by atoms with Crippen LogP contribution in [0.25, 0.3) is 0 Å². The second kappa shape index (κ2) is 7.53. The van der Waals surface area contributed by atoms with Crippen LogP contribution in [0.15, 0.2) is 53.3 Å². The van der Waals surface area contributed by atoms with Crippen LogP contribution in [0.1, 0.15) is 16.8 Å². The van der Waals surface area contributed by atoms with Gasteiger partial charge in [-0.3, -0.25) is 9.52 Å². The Labute approximate surface area is 160 Å². The topological polar surface area (TPSA) is 100 Å². The minimum atomic E-state index is -3.76. The average molecular weight is 413 g/mol. The Morgan fingerprint density at radius 3 is 2.73 bits per heavy atom. The summed E-state index contributed by atoms with van der Waals surface area (Å²) < 4.78 is 27.3. The normalized spacial score (nSPS) is 13.7. The number of nitrogens with zero attached hydrogens (tertiary/aromatic N) is 1. The van der Waals surface area contributed by atoms with Crippen LogP contribution in [-0.2, 0) is 10.0 Å². The molecule has 1 amide bonds. The monoisotopic (exact) mass is 412 g/mol. The molecule has 26 heavy (non-hydrogen) atoms. The molecule has 2 aromatic rings. The molecular formula is C16H14Cl2N4O3S. The van der Waals surface area contributed by atoms with Crippen molar-refractivity contribution in [3.05, 3.63) is 64.2 Å². The largest absolute Gasteiger partial charge is 0.371 e. The number of benzene rings is 1. The lowest BCUT2D eigenvalue weighted by Crippen LogP contribution is -2.29. The molecule has 136 valence electrons. The third-order valence-electron chi connectivity index (χ3n) is 3.51.